The van der Waals surface area contributed by atoms with Crippen LogP contribution in [0.3, 0.4) is 0 Å². The number of esters is 1. The van der Waals surface area contributed by atoms with Crippen LogP contribution in [0.2, 0.25) is 0 Å². The Morgan fingerprint density at radius 3 is 0.964 bits per heavy atom. The summed E-state index contributed by atoms with van der Waals surface area (Å²) in [6, 6.07) is 0. The van der Waals surface area contributed by atoms with E-state index >= 15 is 0 Å². The molecule has 14 heteroatoms. The minimum Gasteiger partial charge on any atom is -0.457 e. The van der Waals surface area contributed by atoms with Crippen molar-refractivity contribution >= 4 is 5.97 Å². The molecule has 0 aromatic carbocycles. The Morgan fingerprint density at radius 1 is 0.345 bits per heavy atom. The molecule has 2 saturated heterocycles. The third kappa shape index (κ3) is 42.1. The highest BCUT2D eigenvalue weighted by Crippen LogP contribution is 2.27. The van der Waals surface area contributed by atoms with Crippen LogP contribution in [0.5, 0.6) is 0 Å². The maximum atomic E-state index is 13.2. The second-order valence-electron chi connectivity index (χ2n) is 25.8. The van der Waals surface area contributed by atoms with Gasteiger partial charge in [0.15, 0.2) is 12.6 Å². The van der Waals surface area contributed by atoms with Crippen LogP contribution in [0.1, 0.15) is 341 Å². The molecule has 7 N–H and O–H groups in total. The summed E-state index contributed by atoms with van der Waals surface area (Å²) in [4.78, 5) is 13.2. The van der Waals surface area contributed by atoms with Crippen molar-refractivity contribution in [3.05, 3.63) is 0 Å². The van der Waals surface area contributed by atoms with Crippen LogP contribution in [0, 0.1) is 0 Å². The molecule has 0 aliphatic carbocycles. The first kappa shape index (κ1) is 79.1. The van der Waals surface area contributed by atoms with Crippen molar-refractivity contribution in [2.75, 3.05) is 33.0 Å². The van der Waals surface area contributed by atoms with E-state index in [2.05, 4.69) is 13.8 Å². The lowest BCUT2D eigenvalue weighted by Gasteiger charge is -2.42. The first-order chi connectivity index (χ1) is 41.1. The van der Waals surface area contributed by atoms with Gasteiger partial charge in [-0.1, -0.05) is 322 Å². The van der Waals surface area contributed by atoms with Crippen LogP contribution >= 0.6 is 0 Å². The van der Waals surface area contributed by atoms with Crippen molar-refractivity contribution in [3.8, 4) is 0 Å². The molecular weight excluding hydrogens is 1060 g/mol. The minimum absolute atomic E-state index is 0.0717. The van der Waals surface area contributed by atoms with E-state index in [1.54, 1.807) is 0 Å². The van der Waals surface area contributed by atoms with Gasteiger partial charge in [0, 0.05) is 13.0 Å². The summed E-state index contributed by atoms with van der Waals surface area (Å²) in [5.41, 5.74) is 0. The van der Waals surface area contributed by atoms with Gasteiger partial charge in [0.1, 0.15) is 54.9 Å². The van der Waals surface area contributed by atoms with Gasteiger partial charge in [-0.3, -0.25) is 4.79 Å². The van der Waals surface area contributed by atoms with E-state index in [0.29, 0.717) is 6.61 Å². The molecule has 0 amide bonds. The highest BCUT2D eigenvalue weighted by molar-refractivity contribution is 5.69. The highest BCUT2D eigenvalue weighted by Gasteiger charge is 2.47. The molecule has 0 saturated carbocycles. The average Bonchev–Trinajstić information content (AvgIpc) is 3.15. The molecule has 0 radical (unpaired) electrons. The van der Waals surface area contributed by atoms with Crippen LogP contribution in [-0.4, -0.2) is 142 Å². The maximum absolute atomic E-state index is 13.2. The monoisotopic (exact) mass is 1200 g/mol. The fourth-order valence-corrected chi connectivity index (χ4v) is 12.1. The van der Waals surface area contributed by atoms with Crippen molar-refractivity contribution < 1.29 is 69.0 Å². The van der Waals surface area contributed by atoms with Gasteiger partial charge < -0.3 is 64.2 Å². The summed E-state index contributed by atoms with van der Waals surface area (Å²) in [7, 11) is 0. The zero-order chi connectivity index (χ0) is 60.8. The summed E-state index contributed by atoms with van der Waals surface area (Å²) in [6.45, 7) is 3.80. The Labute approximate surface area is 514 Å². The molecule has 2 rings (SSSR count). The zero-order valence-corrected chi connectivity index (χ0v) is 54.4. The lowest BCUT2D eigenvalue weighted by atomic mass is 9.98. The van der Waals surface area contributed by atoms with Crippen LogP contribution in [0.4, 0.5) is 0 Å². The van der Waals surface area contributed by atoms with Gasteiger partial charge in [0.05, 0.1) is 26.4 Å². The molecule has 11 atom stereocenters. The second-order valence-corrected chi connectivity index (χ2v) is 25.8. The SMILES string of the molecule is CCCCCCCCCCCCCCCCCCCCCCCCCCCCOCC(COC1OC(COC2OC(CO)C(O)C(O)C2O)C(O)C(O)C1O)OC(=O)CCCCCCCCCCCCCCCCCCCCCCCCCC. The fourth-order valence-electron chi connectivity index (χ4n) is 12.1. The molecule has 2 heterocycles. The van der Waals surface area contributed by atoms with E-state index in [1.165, 1.54) is 276 Å². The van der Waals surface area contributed by atoms with Crippen LogP contribution in [0.25, 0.3) is 0 Å². The molecule has 14 nitrogen and oxygen atoms in total. The van der Waals surface area contributed by atoms with Crippen molar-refractivity contribution in [1.82, 2.24) is 0 Å². The topological polar surface area (TPSA) is 214 Å². The summed E-state index contributed by atoms with van der Waals surface area (Å²) in [5.74, 6) is -0.363. The van der Waals surface area contributed by atoms with Crippen molar-refractivity contribution in [3.63, 3.8) is 0 Å². The number of aliphatic hydroxyl groups is 7. The van der Waals surface area contributed by atoms with E-state index < -0.39 is 80.7 Å². The Hall–Kier alpha value is -1.01. The maximum Gasteiger partial charge on any atom is 0.306 e. The normalized spacial score (nSPS) is 23.2. The van der Waals surface area contributed by atoms with Crippen molar-refractivity contribution in [2.45, 2.75) is 409 Å². The number of carbonyl (C=O) groups excluding carboxylic acids is 1. The third-order valence-corrected chi connectivity index (χ3v) is 17.9. The predicted octanol–water partition coefficient (Wildman–Crippen LogP) is 15.5. The third-order valence-electron chi connectivity index (χ3n) is 17.9. The van der Waals surface area contributed by atoms with E-state index in [9.17, 15) is 40.5 Å². The van der Waals surface area contributed by atoms with Crippen molar-refractivity contribution in [2.24, 2.45) is 0 Å². The average molecular weight is 1200 g/mol. The summed E-state index contributed by atoms with van der Waals surface area (Å²) in [5, 5.41) is 72.6. The Morgan fingerprint density at radius 2 is 0.631 bits per heavy atom. The summed E-state index contributed by atoms with van der Waals surface area (Å²) in [6.07, 6.45) is 50.5. The van der Waals surface area contributed by atoms with Crippen LogP contribution < -0.4 is 0 Å². The molecule has 2 aliphatic rings. The van der Waals surface area contributed by atoms with E-state index in [4.69, 9.17) is 28.4 Å². The first-order valence-electron chi connectivity index (χ1n) is 36.1. The Balaban J connectivity index is 1.61. The number of hydrogen-bond donors (Lipinski definition) is 7. The van der Waals surface area contributed by atoms with Crippen molar-refractivity contribution in [1.29, 1.82) is 0 Å². The largest absolute Gasteiger partial charge is 0.457 e. The quantitative estimate of drug-likeness (QED) is 0.0223. The van der Waals surface area contributed by atoms with Gasteiger partial charge in [-0.2, -0.15) is 0 Å². The van der Waals surface area contributed by atoms with E-state index in [-0.39, 0.29) is 25.6 Å². The van der Waals surface area contributed by atoms with E-state index in [1.807, 2.05) is 0 Å². The lowest BCUT2D eigenvalue weighted by molar-refractivity contribution is -0.332. The Kier molecular flexibility index (Phi) is 53.8. The van der Waals surface area contributed by atoms with Gasteiger partial charge in [0.25, 0.3) is 0 Å². The molecule has 2 aliphatic heterocycles. The minimum atomic E-state index is -1.70. The molecule has 0 aromatic heterocycles. The molecular formula is C70H136O14. The molecule has 500 valence electrons. The lowest BCUT2D eigenvalue weighted by Crippen LogP contribution is -2.61. The molecule has 0 aromatic rings. The van der Waals surface area contributed by atoms with Gasteiger partial charge in [0.2, 0.25) is 0 Å². The van der Waals surface area contributed by atoms with Gasteiger partial charge >= 0.3 is 5.97 Å². The number of rotatable bonds is 62. The molecule has 84 heavy (non-hydrogen) atoms. The number of ether oxygens (including phenoxy) is 6. The van der Waals surface area contributed by atoms with Crippen LogP contribution in [0.15, 0.2) is 0 Å². The predicted molar refractivity (Wildman–Crippen MR) is 340 cm³/mol. The second kappa shape index (κ2) is 57.2. The smallest absolute Gasteiger partial charge is 0.306 e. The van der Waals surface area contributed by atoms with Gasteiger partial charge in [-0.15, -0.1) is 0 Å². The van der Waals surface area contributed by atoms with Gasteiger partial charge in [-0.05, 0) is 12.8 Å². The molecule has 0 bridgehead atoms. The summed E-state index contributed by atoms with van der Waals surface area (Å²) < 4.78 is 34.6. The van der Waals surface area contributed by atoms with Gasteiger partial charge in [-0.25, -0.2) is 0 Å². The summed E-state index contributed by atoms with van der Waals surface area (Å²) >= 11 is 0. The number of aliphatic hydroxyl groups excluding tert-OH is 7. The fraction of sp³-hybridized carbons (Fsp3) is 0.986. The van der Waals surface area contributed by atoms with Crippen LogP contribution in [-0.2, 0) is 33.2 Å². The molecule has 2 fully saturated rings. The molecule has 11 unspecified atom stereocenters. The number of carbonyl (C=O) groups is 1. The Bertz CT molecular complexity index is 1390. The zero-order valence-electron chi connectivity index (χ0n) is 54.4. The number of hydrogen-bond acceptors (Lipinski definition) is 14. The highest BCUT2D eigenvalue weighted by atomic mass is 16.7. The first-order valence-corrected chi connectivity index (χ1v) is 36.1. The molecule has 0 spiro atoms. The standard InChI is InChI=1S/C70H136O14/c1-3-5-7-9-11-13-15-17-19-21-23-25-27-29-30-32-34-36-38-40-42-44-46-48-50-52-54-79-56-59(57-80-69-68(78)66(76)64(74)61(84-69)58-81-70-67(77)65(75)63(73)60(55-71)83-70)82-62(72)53-51-49-47-45-43-41-39-37-35-33-31-28-26-24-22-20-18-16-14-12-10-8-6-4-2/h59-61,63-71,73-78H,3-58H2,1-2H3. The van der Waals surface area contributed by atoms with E-state index in [0.717, 1.165) is 44.9 Å². The number of unbranched alkanes of at least 4 members (excludes halogenated alkanes) is 48.